The van der Waals surface area contributed by atoms with E-state index < -0.39 is 10.5 Å². The summed E-state index contributed by atoms with van der Waals surface area (Å²) >= 11 is 0. The van der Waals surface area contributed by atoms with Crippen molar-refractivity contribution < 1.29 is 9.66 Å². The molecule has 3 aromatic rings. The van der Waals surface area contributed by atoms with Crippen molar-refractivity contribution in [2.24, 2.45) is 0 Å². The van der Waals surface area contributed by atoms with Crippen LogP contribution in [0.15, 0.2) is 66.9 Å². The van der Waals surface area contributed by atoms with Crippen LogP contribution in [0.2, 0.25) is 0 Å². The number of aromatic nitrogens is 1. The van der Waals surface area contributed by atoms with Gasteiger partial charge < -0.3 is 14.6 Å². The molecule has 0 saturated heterocycles. The minimum absolute atomic E-state index is 0.0737. The molecule has 1 aliphatic heterocycles. The first kappa shape index (κ1) is 16.4. The fraction of sp³-hybridized carbons (Fsp3) is 0.200. The van der Waals surface area contributed by atoms with Gasteiger partial charge in [-0.05, 0) is 44.2 Å². The average molecular weight is 349 g/mol. The monoisotopic (exact) mass is 349 g/mol. The number of non-ortho nitro benzene ring substituents is 1. The summed E-state index contributed by atoms with van der Waals surface area (Å²) in [7, 11) is 0. The summed E-state index contributed by atoms with van der Waals surface area (Å²) in [6.45, 7) is 4.11. The van der Waals surface area contributed by atoms with Gasteiger partial charge in [-0.2, -0.15) is 0 Å². The average Bonchev–Trinajstić information content (AvgIpc) is 3.11. The molecular formula is C20H19N3O3. The lowest BCUT2D eigenvalue weighted by Gasteiger charge is -2.39. The second-order valence-corrected chi connectivity index (χ2v) is 6.77. The number of rotatable bonds is 3. The van der Waals surface area contributed by atoms with Gasteiger partial charge in [0.2, 0.25) is 0 Å². The maximum Gasteiger partial charge on any atom is 0.269 e. The summed E-state index contributed by atoms with van der Waals surface area (Å²) < 4.78 is 8.31. The van der Waals surface area contributed by atoms with E-state index in [1.54, 1.807) is 12.1 Å². The summed E-state index contributed by atoms with van der Waals surface area (Å²) in [6.07, 6.45) is 1.60. The molecular weight excluding hydrogens is 330 g/mol. The topological polar surface area (TPSA) is 69.3 Å². The summed E-state index contributed by atoms with van der Waals surface area (Å²) in [4.78, 5) is 10.5. The van der Waals surface area contributed by atoms with Crippen molar-refractivity contribution >= 4 is 11.4 Å². The first-order valence-electron chi connectivity index (χ1n) is 8.42. The number of nitro benzene ring substituents is 1. The zero-order valence-corrected chi connectivity index (χ0v) is 14.5. The molecule has 26 heavy (non-hydrogen) atoms. The second kappa shape index (κ2) is 6.00. The van der Waals surface area contributed by atoms with Crippen LogP contribution in [0, 0.1) is 10.1 Å². The summed E-state index contributed by atoms with van der Waals surface area (Å²) in [5.41, 5.74) is 3.58. The molecule has 0 aliphatic carbocycles. The van der Waals surface area contributed by atoms with Crippen LogP contribution in [-0.2, 0) is 10.3 Å². The van der Waals surface area contributed by atoms with Crippen LogP contribution in [-0.4, -0.2) is 9.49 Å². The van der Waals surface area contributed by atoms with Gasteiger partial charge in [-0.15, -0.1) is 0 Å². The van der Waals surface area contributed by atoms with Crippen LogP contribution < -0.4 is 5.32 Å². The molecule has 0 amide bonds. The molecule has 6 heteroatoms. The Morgan fingerprint density at radius 2 is 1.81 bits per heavy atom. The van der Waals surface area contributed by atoms with Crippen molar-refractivity contribution in [2.75, 3.05) is 5.32 Å². The van der Waals surface area contributed by atoms with E-state index in [2.05, 4.69) is 25.2 Å². The Kier molecular flexibility index (Phi) is 3.77. The second-order valence-electron chi connectivity index (χ2n) is 6.77. The van der Waals surface area contributed by atoms with Gasteiger partial charge in [-0.25, -0.2) is 0 Å². The number of para-hydroxylation sites is 1. The van der Waals surface area contributed by atoms with Crippen molar-refractivity contribution in [2.45, 2.75) is 25.7 Å². The van der Waals surface area contributed by atoms with Crippen LogP contribution >= 0.6 is 0 Å². The highest BCUT2D eigenvalue weighted by molar-refractivity contribution is 5.56. The van der Waals surface area contributed by atoms with E-state index in [1.165, 1.54) is 12.1 Å². The molecule has 2 heterocycles. The van der Waals surface area contributed by atoms with Gasteiger partial charge >= 0.3 is 0 Å². The van der Waals surface area contributed by atoms with Gasteiger partial charge in [0.05, 0.1) is 16.2 Å². The van der Waals surface area contributed by atoms with Crippen LogP contribution in [0.4, 0.5) is 11.4 Å². The minimum atomic E-state index is -0.433. The lowest BCUT2D eigenvalue weighted by Crippen LogP contribution is -2.34. The Labute approximate surface area is 151 Å². The molecule has 1 unspecified atom stereocenters. The first-order valence-corrected chi connectivity index (χ1v) is 8.42. The molecule has 0 fully saturated rings. The van der Waals surface area contributed by atoms with E-state index >= 15 is 0 Å². The maximum absolute atomic E-state index is 10.9. The maximum atomic E-state index is 10.9. The van der Waals surface area contributed by atoms with Crippen molar-refractivity contribution in [3.8, 4) is 5.69 Å². The zero-order valence-electron chi connectivity index (χ0n) is 14.5. The van der Waals surface area contributed by atoms with Gasteiger partial charge in [0.15, 0.2) is 6.23 Å². The standard InChI is InChI=1S/C20H19N3O3/c1-20(2)16-6-3-4-7-17(16)21-19(26-20)18-8-5-13-22(18)14-9-11-15(12-10-14)23(24)25/h3-13,19,21H,1-2H3. The molecule has 132 valence electrons. The number of nitro groups is 1. The van der Waals surface area contributed by atoms with Gasteiger partial charge in [0, 0.05) is 35.3 Å². The predicted molar refractivity (Wildman–Crippen MR) is 99.3 cm³/mol. The molecule has 0 spiro atoms. The van der Waals surface area contributed by atoms with Crippen LogP contribution in [0.1, 0.15) is 31.3 Å². The Morgan fingerprint density at radius 1 is 1.08 bits per heavy atom. The lowest BCUT2D eigenvalue weighted by molar-refractivity contribution is -0.384. The number of nitrogens with zero attached hydrogens (tertiary/aromatic N) is 2. The summed E-state index contributed by atoms with van der Waals surface area (Å²) in [5.74, 6) is 0. The molecule has 1 atom stereocenters. The number of fused-ring (bicyclic) bond motifs is 1. The van der Waals surface area contributed by atoms with Gasteiger partial charge in [0.25, 0.3) is 5.69 Å². The largest absolute Gasteiger partial charge is 0.355 e. The van der Waals surface area contributed by atoms with E-state index in [0.29, 0.717) is 0 Å². The van der Waals surface area contributed by atoms with Gasteiger partial charge in [-0.1, -0.05) is 18.2 Å². The van der Waals surface area contributed by atoms with Crippen LogP contribution in [0.5, 0.6) is 0 Å². The first-order chi connectivity index (χ1) is 12.5. The number of hydrogen-bond donors (Lipinski definition) is 1. The molecule has 0 saturated carbocycles. The van der Waals surface area contributed by atoms with Crippen molar-refractivity contribution in [1.29, 1.82) is 0 Å². The Bertz CT molecular complexity index is 960. The highest BCUT2D eigenvalue weighted by Crippen LogP contribution is 2.41. The molecule has 0 radical (unpaired) electrons. The molecule has 4 rings (SSSR count). The van der Waals surface area contributed by atoms with Crippen molar-refractivity contribution in [3.05, 3.63) is 88.2 Å². The highest BCUT2D eigenvalue weighted by Gasteiger charge is 2.35. The Balaban J connectivity index is 1.71. The normalized spacial score (nSPS) is 18.0. The molecule has 6 nitrogen and oxygen atoms in total. The van der Waals surface area contributed by atoms with Crippen molar-refractivity contribution in [3.63, 3.8) is 0 Å². The Hall–Kier alpha value is -3.12. The number of hydrogen-bond acceptors (Lipinski definition) is 4. The van der Waals surface area contributed by atoms with E-state index in [0.717, 1.165) is 22.6 Å². The molecule has 1 N–H and O–H groups in total. The lowest BCUT2D eigenvalue weighted by atomic mass is 9.94. The number of anilines is 1. The van der Waals surface area contributed by atoms with E-state index in [4.69, 9.17) is 4.74 Å². The van der Waals surface area contributed by atoms with Gasteiger partial charge in [0.1, 0.15) is 0 Å². The van der Waals surface area contributed by atoms with Crippen LogP contribution in [0.3, 0.4) is 0 Å². The minimum Gasteiger partial charge on any atom is -0.355 e. The van der Waals surface area contributed by atoms with E-state index in [1.807, 2.05) is 41.1 Å². The molecule has 0 bridgehead atoms. The fourth-order valence-electron chi connectivity index (χ4n) is 3.37. The van der Waals surface area contributed by atoms with Gasteiger partial charge in [-0.3, -0.25) is 10.1 Å². The third-order valence-corrected chi connectivity index (χ3v) is 4.66. The third-order valence-electron chi connectivity index (χ3n) is 4.66. The zero-order chi connectivity index (χ0) is 18.3. The predicted octanol–water partition coefficient (Wildman–Crippen LogP) is 4.76. The number of nitrogens with one attached hydrogen (secondary N) is 1. The van der Waals surface area contributed by atoms with E-state index in [9.17, 15) is 10.1 Å². The summed E-state index contributed by atoms with van der Waals surface area (Å²) in [6, 6.07) is 18.5. The summed E-state index contributed by atoms with van der Waals surface area (Å²) in [5, 5.41) is 14.3. The molecule has 1 aromatic heterocycles. The fourth-order valence-corrected chi connectivity index (χ4v) is 3.37. The molecule has 1 aliphatic rings. The smallest absolute Gasteiger partial charge is 0.269 e. The Morgan fingerprint density at radius 3 is 2.54 bits per heavy atom. The molecule has 2 aromatic carbocycles. The number of benzene rings is 2. The third kappa shape index (κ3) is 2.74. The van der Waals surface area contributed by atoms with Crippen LogP contribution in [0.25, 0.3) is 5.69 Å². The van der Waals surface area contributed by atoms with E-state index in [-0.39, 0.29) is 11.9 Å². The quantitative estimate of drug-likeness (QED) is 0.547. The highest BCUT2D eigenvalue weighted by atomic mass is 16.6. The van der Waals surface area contributed by atoms with Crippen molar-refractivity contribution in [1.82, 2.24) is 4.57 Å². The number of ether oxygens (including phenoxy) is 1. The SMILES string of the molecule is CC1(C)OC(c2cccn2-c2ccc([N+](=O)[O-])cc2)Nc2ccccc21.